The largest absolute Gasteiger partial charge is 0.340 e. The standard InChI is InChI=1S/C14H18N2O2/c1-2-9-16-10-8-12(17)15-13(14(16)18)11-6-4-3-5-7-11/h3-7,13H,2,8-10H2,1H3,(H,15,17). The van der Waals surface area contributed by atoms with Crippen molar-refractivity contribution in [2.24, 2.45) is 0 Å². The van der Waals surface area contributed by atoms with E-state index in [9.17, 15) is 9.59 Å². The van der Waals surface area contributed by atoms with Crippen molar-refractivity contribution in [3.05, 3.63) is 35.9 Å². The molecule has 1 N–H and O–H groups in total. The fraction of sp³-hybridized carbons (Fsp3) is 0.429. The van der Waals surface area contributed by atoms with Gasteiger partial charge in [-0.05, 0) is 12.0 Å². The summed E-state index contributed by atoms with van der Waals surface area (Å²) in [5.74, 6) is -0.0651. The van der Waals surface area contributed by atoms with E-state index in [0.717, 1.165) is 12.0 Å². The van der Waals surface area contributed by atoms with Crippen molar-refractivity contribution < 1.29 is 9.59 Å². The van der Waals surface area contributed by atoms with Gasteiger partial charge in [0.1, 0.15) is 6.04 Å². The quantitative estimate of drug-likeness (QED) is 0.878. The highest BCUT2D eigenvalue weighted by Gasteiger charge is 2.30. The third-order valence-corrected chi connectivity index (χ3v) is 3.10. The Hall–Kier alpha value is -1.84. The van der Waals surface area contributed by atoms with E-state index in [1.807, 2.05) is 37.3 Å². The Morgan fingerprint density at radius 2 is 2.00 bits per heavy atom. The van der Waals surface area contributed by atoms with Crippen LogP contribution in [0.25, 0.3) is 0 Å². The minimum atomic E-state index is -0.534. The normalized spacial score (nSPS) is 20.5. The Morgan fingerprint density at radius 3 is 2.67 bits per heavy atom. The Balaban J connectivity index is 2.25. The van der Waals surface area contributed by atoms with Crippen LogP contribution in [0.5, 0.6) is 0 Å². The molecule has 18 heavy (non-hydrogen) atoms. The molecule has 0 aromatic heterocycles. The fourth-order valence-corrected chi connectivity index (χ4v) is 2.19. The lowest BCUT2D eigenvalue weighted by Crippen LogP contribution is -2.38. The van der Waals surface area contributed by atoms with Crippen molar-refractivity contribution in [1.82, 2.24) is 10.2 Å². The second-order valence-electron chi connectivity index (χ2n) is 4.49. The van der Waals surface area contributed by atoms with E-state index in [1.54, 1.807) is 4.90 Å². The summed E-state index contributed by atoms with van der Waals surface area (Å²) < 4.78 is 0. The third-order valence-electron chi connectivity index (χ3n) is 3.10. The molecule has 4 heteroatoms. The Morgan fingerprint density at radius 1 is 1.28 bits per heavy atom. The molecule has 0 radical (unpaired) electrons. The van der Waals surface area contributed by atoms with Crippen LogP contribution in [0.1, 0.15) is 31.4 Å². The highest BCUT2D eigenvalue weighted by Crippen LogP contribution is 2.18. The van der Waals surface area contributed by atoms with Crippen molar-refractivity contribution >= 4 is 11.8 Å². The lowest BCUT2D eigenvalue weighted by Gasteiger charge is -2.23. The van der Waals surface area contributed by atoms with E-state index in [4.69, 9.17) is 0 Å². The SMILES string of the molecule is CCCN1CCC(=O)NC(c2ccccc2)C1=O. The monoisotopic (exact) mass is 246 g/mol. The van der Waals surface area contributed by atoms with Gasteiger partial charge in [0.05, 0.1) is 0 Å². The summed E-state index contributed by atoms with van der Waals surface area (Å²) >= 11 is 0. The first-order chi connectivity index (χ1) is 8.72. The average Bonchev–Trinajstić information content (AvgIpc) is 2.53. The predicted molar refractivity (Wildman–Crippen MR) is 68.8 cm³/mol. The smallest absolute Gasteiger partial charge is 0.249 e. The first-order valence-electron chi connectivity index (χ1n) is 6.35. The van der Waals surface area contributed by atoms with E-state index < -0.39 is 6.04 Å². The van der Waals surface area contributed by atoms with Crippen LogP contribution in [0, 0.1) is 0 Å². The molecular weight excluding hydrogens is 228 g/mol. The number of nitrogens with one attached hydrogen (secondary N) is 1. The lowest BCUT2D eigenvalue weighted by atomic mass is 10.1. The number of hydrogen-bond donors (Lipinski definition) is 1. The molecule has 1 aromatic rings. The molecule has 1 saturated heterocycles. The minimum absolute atomic E-state index is 0.00565. The Bertz CT molecular complexity index is 431. The predicted octanol–water partition coefficient (Wildman–Crippen LogP) is 1.49. The number of benzene rings is 1. The van der Waals surface area contributed by atoms with Gasteiger partial charge >= 0.3 is 0 Å². The van der Waals surface area contributed by atoms with Crippen molar-refractivity contribution in [3.63, 3.8) is 0 Å². The van der Waals surface area contributed by atoms with Gasteiger partial charge in [-0.2, -0.15) is 0 Å². The second-order valence-corrected chi connectivity index (χ2v) is 4.49. The summed E-state index contributed by atoms with van der Waals surface area (Å²) in [7, 11) is 0. The van der Waals surface area contributed by atoms with E-state index in [0.29, 0.717) is 19.5 Å². The molecule has 2 amide bonds. The van der Waals surface area contributed by atoms with E-state index in [-0.39, 0.29) is 11.8 Å². The molecule has 0 aliphatic carbocycles. The molecule has 1 atom stereocenters. The first kappa shape index (κ1) is 12.6. The van der Waals surface area contributed by atoms with Crippen LogP contribution in [0.4, 0.5) is 0 Å². The molecule has 1 aliphatic heterocycles. The molecule has 0 spiro atoms. The van der Waals surface area contributed by atoms with Crippen LogP contribution >= 0.6 is 0 Å². The molecule has 4 nitrogen and oxygen atoms in total. The average molecular weight is 246 g/mol. The van der Waals surface area contributed by atoms with Crippen LogP contribution in [0.15, 0.2) is 30.3 Å². The number of hydrogen-bond acceptors (Lipinski definition) is 2. The molecule has 1 aromatic carbocycles. The van der Waals surface area contributed by atoms with Gasteiger partial charge in [-0.25, -0.2) is 0 Å². The summed E-state index contributed by atoms with van der Waals surface area (Å²) in [6.45, 7) is 3.25. The van der Waals surface area contributed by atoms with Gasteiger partial charge < -0.3 is 10.2 Å². The van der Waals surface area contributed by atoms with Crippen LogP contribution in [0.3, 0.4) is 0 Å². The van der Waals surface area contributed by atoms with Crippen molar-refractivity contribution in [2.45, 2.75) is 25.8 Å². The summed E-state index contributed by atoms with van der Waals surface area (Å²) in [4.78, 5) is 25.8. The summed E-state index contributed by atoms with van der Waals surface area (Å²) in [5.41, 5.74) is 0.846. The maximum absolute atomic E-state index is 12.4. The van der Waals surface area contributed by atoms with Gasteiger partial charge in [-0.1, -0.05) is 37.3 Å². The van der Waals surface area contributed by atoms with Gasteiger partial charge in [-0.3, -0.25) is 9.59 Å². The van der Waals surface area contributed by atoms with Gasteiger partial charge in [0, 0.05) is 19.5 Å². The number of carbonyl (C=O) groups is 2. The van der Waals surface area contributed by atoms with Gasteiger partial charge in [0.2, 0.25) is 11.8 Å². The third kappa shape index (κ3) is 2.70. The van der Waals surface area contributed by atoms with Crippen LogP contribution in [-0.2, 0) is 9.59 Å². The van der Waals surface area contributed by atoms with Crippen LogP contribution < -0.4 is 5.32 Å². The number of amides is 2. The minimum Gasteiger partial charge on any atom is -0.340 e. The molecule has 0 bridgehead atoms. The molecule has 96 valence electrons. The van der Waals surface area contributed by atoms with E-state index >= 15 is 0 Å². The van der Waals surface area contributed by atoms with Crippen molar-refractivity contribution in [2.75, 3.05) is 13.1 Å². The first-order valence-corrected chi connectivity index (χ1v) is 6.35. The van der Waals surface area contributed by atoms with Gasteiger partial charge in [-0.15, -0.1) is 0 Å². The maximum Gasteiger partial charge on any atom is 0.249 e. The van der Waals surface area contributed by atoms with Crippen molar-refractivity contribution in [1.29, 1.82) is 0 Å². The molecule has 1 unspecified atom stereocenters. The van der Waals surface area contributed by atoms with E-state index in [1.165, 1.54) is 0 Å². The number of carbonyl (C=O) groups excluding carboxylic acids is 2. The summed E-state index contributed by atoms with van der Waals surface area (Å²) in [6, 6.07) is 8.87. The topological polar surface area (TPSA) is 49.4 Å². The molecule has 1 aliphatic rings. The van der Waals surface area contributed by atoms with Gasteiger partial charge in [0.15, 0.2) is 0 Å². The zero-order chi connectivity index (χ0) is 13.0. The lowest BCUT2D eigenvalue weighted by molar-refractivity contribution is -0.133. The second kappa shape index (κ2) is 5.67. The molecular formula is C14H18N2O2. The molecule has 2 rings (SSSR count). The molecule has 1 fully saturated rings. The Labute approximate surface area is 107 Å². The van der Waals surface area contributed by atoms with Crippen LogP contribution in [-0.4, -0.2) is 29.8 Å². The Kier molecular flexibility index (Phi) is 3.97. The van der Waals surface area contributed by atoms with Crippen LogP contribution in [0.2, 0.25) is 0 Å². The zero-order valence-corrected chi connectivity index (χ0v) is 10.6. The highest BCUT2D eigenvalue weighted by molar-refractivity contribution is 5.90. The fourth-order valence-electron chi connectivity index (χ4n) is 2.19. The van der Waals surface area contributed by atoms with Gasteiger partial charge in [0.25, 0.3) is 0 Å². The summed E-state index contributed by atoms with van der Waals surface area (Å²) in [5, 5.41) is 2.80. The maximum atomic E-state index is 12.4. The van der Waals surface area contributed by atoms with E-state index in [2.05, 4.69) is 5.32 Å². The highest BCUT2D eigenvalue weighted by atomic mass is 16.2. The molecule has 0 saturated carbocycles. The summed E-state index contributed by atoms with van der Waals surface area (Å²) in [6.07, 6.45) is 1.29. The number of rotatable bonds is 3. The number of nitrogens with zero attached hydrogens (tertiary/aromatic N) is 1. The zero-order valence-electron chi connectivity index (χ0n) is 10.6. The van der Waals surface area contributed by atoms with Crippen molar-refractivity contribution in [3.8, 4) is 0 Å². The molecule has 1 heterocycles.